The van der Waals surface area contributed by atoms with Gasteiger partial charge in [-0.15, -0.1) is 5.10 Å². The summed E-state index contributed by atoms with van der Waals surface area (Å²) >= 11 is 0. The molecule has 1 heterocycles. The number of benzene rings is 1. The predicted molar refractivity (Wildman–Crippen MR) is 69.0 cm³/mol. The van der Waals surface area contributed by atoms with E-state index >= 15 is 0 Å². The van der Waals surface area contributed by atoms with Gasteiger partial charge in [-0.1, -0.05) is 6.07 Å². The second-order valence-electron chi connectivity index (χ2n) is 3.62. The minimum Gasteiger partial charge on any atom is -0.368 e. The monoisotopic (exact) mass is 268 g/mol. The molecule has 0 atom stereocenters. The Balaban J connectivity index is 2.17. The maximum absolute atomic E-state index is 11.1. The van der Waals surface area contributed by atoms with Crippen LogP contribution in [0.3, 0.4) is 0 Å². The van der Waals surface area contributed by atoms with Crippen LogP contribution in [0.25, 0.3) is 0 Å². The van der Waals surface area contributed by atoms with E-state index in [0.29, 0.717) is 17.3 Å². The zero-order valence-electron chi connectivity index (χ0n) is 9.51. The smallest absolute Gasteiger partial charge is 0.248 e. The quantitative estimate of drug-likeness (QED) is 0.639. The number of anilines is 4. The van der Waals surface area contributed by atoms with E-state index in [4.69, 9.17) is 5.73 Å². The Morgan fingerprint density at radius 1 is 1.33 bits per heavy atom. The summed E-state index contributed by atoms with van der Waals surface area (Å²) in [5.74, 6) is 0.506. The molecule has 1 aromatic heterocycles. The third-order valence-electron chi connectivity index (χ3n) is 1.92. The molecule has 96 valence electrons. The Morgan fingerprint density at radius 3 is 2.67 bits per heavy atom. The van der Waals surface area contributed by atoms with Crippen molar-refractivity contribution < 1.29 is 8.42 Å². The fraction of sp³-hybridized carbons (Fsp3) is 0.111. The highest BCUT2D eigenvalue weighted by molar-refractivity contribution is 7.92. The van der Waals surface area contributed by atoms with Gasteiger partial charge in [-0.25, -0.2) is 13.5 Å². The Labute approximate surface area is 104 Å². The average Bonchev–Trinajstić information content (AvgIpc) is 2.62. The first-order valence-corrected chi connectivity index (χ1v) is 6.84. The molecule has 0 fully saturated rings. The van der Waals surface area contributed by atoms with Crippen LogP contribution in [-0.4, -0.2) is 29.9 Å². The Kier molecular flexibility index (Phi) is 3.06. The van der Waals surface area contributed by atoms with Crippen molar-refractivity contribution in [3.05, 3.63) is 24.3 Å². The largest absolute Gasteiger partial charge is 0.368 e. The first-order chi connectivity index (χ1) is 8.42. The van der Waals surface area contributed by atoms with Crippen LogP contribution in [0, 0.1) is 0 Å². The molecular formula is C9H12N6O2S. The number of hydrogen-bond donors (Lipinski definition) is 4. The molecule has 0 bridgehead atoms. The van der Waals surface area contributed by atoms with Crippen LogP contribution in [0.15, 0.2) is 24.3 Å². The molecule has 0 unspecified atom stereocenters. The molecule has 5 N–H and O–H groups in total. The first kappa shape index (κ1) is 12.2. The van der Waals surface area contributed by atoms with E-state index in [9.17, 15) is 8.42 Å². The molecule has 18 heavy (non-hydrogen) atoms. The van der Waals surface area contributed by atoms with E-state index in [0.717, 1.165) is 6.26 Å². The molecule has 2 aromatic rings. The zero-order valence-corrected chi connectivity index (χ0v) is 10.3. The lowest BCUT2D eigenvalue weighted by Crippen LogP contribution is -2.09. The number of sulfonamides is 1. The molecule has 0 spiro atoms. The molecule has 0 saturated heterocycles. The Hall–Kier alpha value is -2.29. The number of nitrogens with two attached hydrogens (primary N) is 1. The van der Waals surface area contributed by atoms with Gasteiger partial charge in [-0.3, -0.25) is 4.72 Å². The molecule has 8 nitrogen and oxygen atoms in total. The highest BCUT2D eigenvalue weighted by Gasteiger charge is 2.04. The number of H-pyrrole nitrogens is 1. The lowest BCUT2D eigenvalue weighted by molar-refractivity contribution is 0.607. The third-order valence-corrected chi connectivity index (χ3v) is 2.53. The predicted octanol–water partition coefficient (Wildman–Crippen LogP) is 0.502. The van der Waals surface area contributed by atoms with Gasteiger partial charge in [0.2, 0.25) is 21.9 Å². The summed E-state index contributed by atoms with van der Waals surface area (Å²) in [6.07, 6.45) is 1.09. The van der Waals surface area contributed by atoms with Crippen molar-refractivity contribution in [2.24, 2.45) is 0 Å². The van der Waals surface area contributed by atoms with E-state index in [1.165, 1.54) is 0 Å². The third kappa shape index (κ3) is 3.35. The van der Waals surface area contributed by atoms with Gasteiger partial charge in [0.05, 0.1) is 11.9 Å². The maximum atomic E-state index is 11.1. The molecule has 0 amide bonds. The van der Waals surface area contributed by atoms with Crippen LogP contribution in [-0.2, 0) is 10.0 Å². The fourth-order valence-corrected chi connectivity index (χ4v) is 1.89. The van der Waals surface area contributed by atoms with Crippen molar-refractivity contribution >= 4 is 33.3 Å². The van der Waals surface area contributed by atoms with Crippen LogP contribution in [0.2, 0.25) is 0 Å². The van der Waals surface area contributed by atoms with Crippen LogP contribution in [0.5, 0.6) is 0 Å². The van der Waals surface area contributed by atoms with E-state index < -0.39 is 10.0 Å². The van der Waals surface area contributed by atoms with Gasteiger partial charge in [-0.2, -0.15) is 4.98 Å². The lowest BCUT2D eigenvalue weighted by atomic mass is 10.3. The Bertz CT molecular complexity index is 651. The van der Waals surface area contributed by atoms with Crippen LogP contribution in [0.4, 0.5) is 23.3 Å². The van der Waals surface area contributed by atoms with Crippen molar-refractivity contribution in [2.45, 2.75) is 0 Å². The number of hydrogen-bond acceptors (Lipinski definition) is 6. The summed E-state index contributed by atoms with van der Waals surface area (Å²) in [4.78, 5) is 3.87. The number of aromatic nitrogens is 3. The molecule has 0 radical (unpaired) electrons. The van der Waals surface area contributed by atoms with Crippen LogP contribution in [0.1, 0.15) is 0 Å². The van der Waals surface area contributed by atoms with E-state index in [-0.39, 0.29) is 5.95 Å². The minimum atomic E-state index is -3.30. The molecule has 0 saturated carbocycles. The van der Waals surface area contributed by atoms with E-state index in [2.05, 4.69) is 25.2 Å². The topological polar surface area (TPSA) is 126 Å². The van der Waals surface area contributed by atoms with Gasteiger partial charge in [-0.05, 0) is 18.2 Å². The van der Waals surface area contributed by atoms with Crippen molar-refractivity contribution in [1.82, 2.24) is 15.2 Å². The highest BCUT2D eigenvalue weighted by Crippen LogP contribution is 2.18. The van der Waals surface area contributed by atoms with Crippen molar-refractivity contribution in [3.8, 4) is 0 Å². The fourth-order valence-electron chi connectivity index (χ4n) is 1.33. The summed E-state index contributed by atoms with van der Waals surface area (Å²) in [7, 11) is -3.30. The summed E-state index contributed by atoms with van der Waals surface area (Å²) in [5.41, 5.74) is 6.48. The molecule has 1 aromatic carbocycles. The van der Waals surface area contributed by atoms with Crippen LogP contribution >= 0.6 is 0 Å². The number of nitrogens with zero attached hydrogens (tertiary/aromatic N) is 2. The van der Waals surface area contributed by atoms with Crippen molar-refractivity contribution in [1.29, 1.82) is 0 Å². The van der Waals surface area contributed by atoms with Gasteiger partial charge in [0.1, 0.15) is 0 Å². The van der Waals surface area contributed by atoms with E-state index in [1.807, 2.05) is 0 Å². The number of aromatic amines is 1. The number of nitrogens with one attached hydrogen (secondary N) is 3. The van der Waals surface area contributed by atoms with Gasteiger partial charge in [0.15, 0.2) is 0 Å². The molecule has 0 aliphatic rings. The van der Waals surface area contributed by atoms with E-state index in [1.54, 1.807) is 24.3 Å². The molecule has 0 aliphatic heterocycles. The molecular weight excluding hydrogens is 256 g/mol. The minimum absolute atomic E-state index is 0.197. The maximum Gasteiger partial charge on any atom is 0.248 e. The molecule has 9 heteroatoms. The summed E-state index contributed by atoms with van der Waals surface area (Å²) < 4.78 is 24.6. The van der Waals surface area contributed by atoms with Gasteiger partial charge < -0.3 is 11.1 Å². The van der Waals surface area contributed by atoms with Crippen LogP contribution < -0.4 is 15.8 Å². The van der Waals surface area contributed by atoms with Gasteiger partial charge >= 0.3 is 0 Å². The first-order valence-electron chi connectivity index (χ1n) is 4.95. The number of rotatable bonds is 4. The van der Waals surface area contributed by atoms with Gasteiger partial charge in [0, 0.05) is 5.69 Å². The standard InChI is InChI=1S/C9H12N6O2S/c1-18(16,17)15-7-4-2-3-6(5-7)11-9-12-8(10)13-14-9/h2-5,15H,1H3,(H4,10,11,12,13,14). The normalized spacial score (nSPS) is 11.2. The summed E-state index contributed by atoms with van der Waals surface area (Å²) in [6.45, 7) is 0. The zero-order chi connectivity index (χ0) is 13.2. The molecule has 0 aliphatic carbocycles. The summed E-state index contributed by atoms with van der Waals surface area (Å²) in [5, 5.41) is 9.17. The second-order valence-corrected chi connectivity index (χ2v) is 5.37. The average molecular weight is 268 g/mol. The number of nitrogen functional groups attached to an aromatic ring is 1. The highest BCUT2D eigenvalue weighted by atomic mass is 32.2. The molecule has 2 rings (SSSR count). The SMILES string of the molecule is CS(=O)(=O)Nc1cccc(Nc2n[nH]c(N)n2)c1. The van der Waals surface area contributed by atoms with Gasteiger partial charge in [0.25, 0.3) is 0 Å². The summed E-state index contributed by atoms with van der Waals surface area (Å²) in [6, 6.07) is 6.71. The van der Waals surface area contributed by atoms with Crippen molar-refractivity contribution in [3.63, 3.8) is 0 Å². The second kappa shape index (κ2) is 4.53. The lowest BCUT2D eigenvalue weighted by Gasteiger charge is -2.06. The van der Waals surface area contributed by atoms with Crippen molar-refractivity contribution in [2.75, 3.05) is 22.0 Å². The Morgan fingerprint density at radius 2 is 2.06 bits per heavy atom.